The number of aliphatic hydroxyl groups excluding tert-OH is 1. The normalized spacial score (nSPS) is 12.2. The fourth-order valence-corrected chi connectivity index (χ4v) is 3.99. The quantitative estimate of drug-likeness (QED) is 0.298. The van der Waals surface area contributed by atoms with Gasteiger partial charge >= 0.3 is 5.97 Å². The summed E-state index contributed by atoms with van der Waals surface area (Å²) in [5, 5.41) is 10.1. The molecule has 0 saturated carbocycles. The van der Waals surface area contributed by atoms with Crippen LogP contribution in [-0.4, -0.2) is 43.6 Å². The smallest absolute Gasteiger partial charge is 0.344 e. The number of carbonyl (C=O) groups excluding carboxylic acids is 1. The predicted octanol–water partition coefficient (Wildman–Crippen LogP) is 3.65. The molecule has 3 rings (SSSR count). The van der Waals surface area contributed by atoms with E-state index >= 15 is 0 Å². The van der Waals surface area contributed by atoms with Gasteiger partial charge in [-0.1, -0.05) is 25.5 Å². The van der Waals surface area contributed by atoms with E-state index in [0.29, 0.717) is 21.4 Å². The number of unbranched alkanes of at least 4 members (excludes halogenated alkanes) is 1. The second kappa shape index (κ2) is 10.5. The molecule has 0 radical (unpaired) electrons. The van der Waals surface area contributed by atoms with Crippen LogP contribution in [0.15, 0.2) is 41.2 Å². The van der Waals surface area contributed by atoms with Gasteiger partial charge < -0.3 is 19.3 Å². The van der Waals surface area contributed by atoms with Crippen molar-refractivity contribution < 1.29 is 28.5 Å². The number of esters is 1. The second-order valence-corrected chi connectivity index (χ2v) is 7.78. The Balaban J connectivity index is 1.66. The van der Waals surface area contributed by atoms with Crippen LogP contribution in [0, 0.1) is 5.82 Å². The Labute approximate surface area is 176 Å². The maximum absolute atomic E-state index is 14.3. The minimum atomic E-state index is -0.922. The van der Waals surface area contributed by atoms with Crippen LogP contribution in [0.2, 0.25) is 0 Å². The molecule has 1 aromatic heterocycles. The van der Waals surface area contributed by atoms with E-state index in [2.05, 4.69) is 0 Å². The van der Waals surface area contributed by atoms with Gasteiger partial charge in [-0.3, -0.25) is 4.79 Å². The number of ether oxygens (including phenoxy) is 3. The van der Waals surface area contributed by atoms with Gasteiger partial charge in [-0.25, -0.2) is 9.18 Å². The molecule has 8 heteroatoms. The number of rotatable bonds is 10. The SMILES string of the molecule is CCCCOCC(O)COC(=O)COc1ccc(F)c2c(=O)c3ccccc3sc12. The third kappa shape index (κ3) is 5.33. The highest BCUT2D eigenvalue weighted by molar-refractivity contribution is 7.24. The summed E-state index contributed by atoms with van der Waals surface area (Å²) >= 11 is 1.22. The van der Waals surface area contributed by atoms with Crippen molar-refractivity contribution in [3.8, 4) is 5.75 Å². The molecule has 1 unspecified atom stereocenters. The Kier molecular flexibility index (Phi) is 7.73. The first kappa shape index (κ1) is 22.1. The monoisotopic (exact) mass is 434 g/mol. The van der Waals surface area contributed by atoms with Gasteiger partial charge in [0.05, 0.1) is 16.7 Å². The van der Waals surface area contributed by atoms with Gasteiger partial charge in [-0.2, -0.15) is 0 Å². The molecule has 1 N–H and O–H groups in total. The summed E-state index contributed by atoms with van der Waals surface area (Å²) in [6.07, 6.45) is 0.965. The summed E-state index contributed by atoms with van der Waals surface area (Å²) in [5.41, 5.74) is -0.420. The molecule has 0 amide bonds. The summed E-state index contributed by atoms with van der Waals surface area (Å²) in [6.45, 7) is 2.01. The molecule has 3 aromatic rings. The van der Waals surface area contributed by atoms with Gasteiger partial charge in [-0.05, 0) is 30.7 Å². The second-order valence-electron chi connectivity index (χ2n) is 6.73. The Morgan fingerprint density at radius 1 is 1.20 bits per heavy atom. The molecule has 0 spiro atoms. The van der Waals surface area contributed by atoms with Crippen molar-refractivity contribution in [2.24, 2.45) is 0 Å². The molecule has 1 atom stereocenters. The van der Waals surface area contributed by atoms with Crippen LogP contribution in [0.5, 0.6) is 5.75 Å². The van der Waals surface area contributed by atoms with Crippen LogP contribution in [-0.2, 0) is 14.3 Å². The van der Waals surface area contributed by atoms with Crippen LogP contribution >= 0.6 is 11.3 Å². The first-order chi connectivity index (χ1) is 14.5. The fraction of sp³-hybridized carbons (Fsp3) is 0.364. The fourth-order valence-electron chi connectivity index (χ4n) is 2.84. The highest BCUT2D eigenvalue weighted by atomic mass is 32.1. The van der Waals surface area contributed by atoms with Crippen molar-refractivity contribution in [2.45, 2.75) is 25.9 Å². The summed E-state index contributed by atoms with van der Waals surface area (Å²) in [5.74, 6) is -1.11. The van der Waals surface area contributed by atoms with Gasteiger partial charge in [0.15, 0.2) is 12.0 Å². The number of aliphatic hydroxyl groups is 1. The van der Waals surface area contributed by atoms with Crippen LogP contribution in [0.25, 0.3) is 20.2 Å². The molecule has 0 aliphatic carbocycles. The van der Waals surface area contributed by atoms with Gasteiger partial charge in [0.2, 0.25) is 0 Å². The lowest BCUT2D eigenvalue weighted by Crippen LogP contribution is -2.26. The first-order valence-electron chi connectivity index (χ1n) is 9.69. The van der Waals surface area contributed by atoms with Gasteiger partial charge in [0.25, 0.3) is 0 Å². The minimum Gasteiger partial charge on any atom is -0.480 e. The number of hydrogen-bond acceptors (Lipinski definition) is 7. The Morgan fingerprint density at radius 2 is 2.00 bits per heavy atom. The summed E-state index contributed by atoms with van der Waals surface area (Å²) in [4.78, 5) is 24.6. The third-order valence-corrected chi connectivity index (χ3v) is 5.56. The maximum atomic E-state index is 14.3. The van der Waals surface area contributed by atoms with E-state index in [1.807, 2.05) is 6.92 Å². The van der Waals surface area contributed by atoms with Crippen molar-refractivity contribution in [3.63, 3.8) is 0 Å². The summed E-state index contributed by atoms with van der Waals surface area (Å²) in [6, 6.07) is 9.46. The molecule has 0 fully saturated rings. The Hall–Kier alpha value is -2.55. The average molecular weight is 434 g/mol. The lowest BCUT2D eigenvalue weighted by Gasteiger charge is -2.13. The molecule has 2 aromatic carbocycles. The zero-order valence-electron chi connectivity index (χ0n) is 16.6. The van der Waals surface area contributed by atoms with E-state index in [0.717, 1.165) is 18.9 Å². The predicted molar refractivity (Wildman–Crippen MR) is 114 cm³/mol. The largest absolute Gasteiger partial charge is 0.480 e. The molecule has 1 heterocycles. The molecule has 6 nitrogen and oxygen atoms in total. The molecule has 160 valence electrons. The molecular formula is C22H23FO6S. The van der Waals surface area contributed by atoms with Crippen molar-refractivity contribution in [1.82, 2.24) is 0 Å². The number of benzene rings is 2. The van der Waals surface area contributed by atoms with Crippen molar-refractivity contribution >= 4 is 37.5 Å². The van der Waals surface area contributed by atoms with E-state index in [1.165, 1.54) is 17.4 Å². The highest BCUT2D eigenvalue weighted by Crippen LogP contribution is 2.33. The standard InChI is InChI=1S/C22H23FO6S/c1-2-3-10-27-11-14(24)12-29-19(25)13-28-17-9-8-16(23)20-21(26)15-6-4-5-7-18(15)30-22(17)20/h4-9,14,24H,2-3,10-13H2,1H3. The molecule has 0 aliphatic heterocycles. The zero-order valence-corrected chi connectivity index (χ0v) is 17.4. The van der Waals surface area contributed by atoms with Crippen molar-refractivity contribution in [3.05, 3.63) is 52.4 Å². The maximum Gasteiger partial charge on any atom is 0.344 e. The lowest BCUT2D eigenvalue weighted by atomic mass is 10.1. The van der Waals surface area contributed by atoms with Crippen LogP contribution in [0.4, 0.5) is 4.39 Å². The lowest BCUT2D eigenvalue weighted by molar-refractivity contribution is -0.150. The van der Waals surface area contributed by atoms with Gasteiger partial charge in [-0.15, -0.1) is 11.3 Å². The molecule has 0 aliphatic rings. The molecular weight excluding hydrogens is 411 g/mol. The topological polar surface area (TPSA) is 82.1 Å². The number of halogens is 1. The van der Waals surface area contributed by atoms with Crippen molar-refractivity contribution in [2.75, 3.05) is 26.4 Å². The molecule has 30 heavy (non-hydrogen) atoms. The average Bonchev–Trinajstić information content (AvgIpc) is 2.75. The molecule has 0 bridgehead atoms. The van der Waals surface area contributed by atoms with Crippen molar-refractivity contribution in [1.29, 1.82) is 0 Å². The van der Waals surface area contributed by atoms with Gasteiger partial charge in [0, 0.05) is 16.7 Å². The van der Waals surface area contributed by atoms with E-state index in [4.69, 9.17) is 14.2 Å². The van der Waals surface area contributed by atoms with E-state index in [1.54, 1.807) is 24.3 Å². The molecule has 0 saturated heterocycles. The summed E-state index contributed by atoms with van der Waals surface area (Å²) < 4.78 is 31.1. The number of carbonyl (C=O) groups is 1. The van der Waals surface area contributed by atoms with E-state index in [9.17, 15) is 19.1 Å². The van der Waals surface area contributed by atoms with Crippen LogP contribution in [0.1, 0.15) is 19.8 Å². The first-order valence-corrected chi connectivity index (χ1v) is 10.5. The third-order valence-electron chi connectivity index (χ3n) is 4.38. The zero-order chi connectivity index (χ0) is 21.5. The van der Waals surface area contributed by atoms with E-state index in [-0.39, 0.29) is 24.3 Å². The Morgan fingerprint density at radius 3 is 2.80 bits per heavy atom. The summed E-state index contributed by atoms with van der Waals surface area (Å²) in [7, 11) is 0. The number of fused-ring (bicyclic) bond motifs is 2. The number of hydrogen-bond donors (Lipinski definition) is 1. The van der Waals surface area contributed by atoms with Crippen LogP contribution < -0.4 is 10.2 Å². The van der Waals surface area contributed by atoms with Crippen LogP contribution in [0.3, 0.4) is 0 Å². The van der Waals surface area contributed by atoms with Gasteiger partial charge in [0.1, 0.15) is 24.3 Å². The highest BCUT2D eigenvalue weighted by Gasteiger charge is 2.16. The van der Waals surface area contributed by atoms with E-state index < -0.39 is 29.9 Å². The minimum absolute atomic E-state index is 0.0655. The Bertz CT molecular complexity index is 1080.